The molecule has 128 valence electrons. The van der Waals surface area contributed by atoms with Crippen LogP contribution in [0.4, 0.5) is 0 Å². The Morgan fingerprint density at radius 1 is 1.04 bits per heavy atom. The van der Waals surface area contributed by atoms with Crippen LogP contribution in [-0.2, 0) is 4.79 Å². The third-order valence-corrected chi connectivity index (χ3v) is 5.19. The molecular weight excluding hydrogens is 284 g/mol. The number of esters is 1. The van der Waals surface area contributed by atoms with E-state index in [0.717, 1.165) is 37.5 Å². The zero-order valence-electron chi connectivity index (χ0n) is 15.2. The molecule has 0 N–H and O–H groups in total. The number of rotatable bonds is 6. The molecular formula is C21H32O2. The average Bonchev–Trinajstić information content (AvgIpc) is 2.54. The van der Waals surface area contributed by atoms with Crippen molar-refractivity contribution in [1.82, 2.24) is 0 Å². The second-order valence-electron chi connectivity index (χ2n) is 7.82. The largest absolute Gasteiger partial charge is 0.426 e. The smallest absolute Gasteiger partial charge is 0.314 e. The minimum atomic E-state index is -0.0440. The normalized spacial score (nSPS) is 22.8. The van der Waals surface area contributed by atoms with E-state index in [2.05, 4.69) is 39.8 Å². The topological polar surface area (TPSA) is 26.3 Å². The van der Waals surface area contributed by atoms with Gasteiger partial charge in [-0.3, -0.25) is 4.79 Å². The highest BCUT2D eigenvalue weighted by Crippen LogP contribution is 2.30. The molecule has 1 fully saturated rings. The van der Waals surface area contributed by atoms with Gasteiger partial charge < -0.3 is 4.74 Å². The number of carbonyl (C=O) groups is 1. The number of hydrogen-bond donors (Lipinski definition) is 0. The predicted octanol–water partition coefficient (Wildman–Crippen LogP) is 5.96. The molecule has 1 atom stereocenters. The second-order valence-corrected chi connectivity index (χ2v) is 7.82. The van der Waals surface area contributed by atoms with Gasteiger partial charge in [0.05, 0.1) is 5.92 Å². The fourth-order valence-corrected chi connectivity index (χ4v) is 3.31. The Bertz CT molecular complexity index is 481. The zero-order valence-corrected chi connectivity index (χ0v) is 15.2. The molecule has 0 aliphatic heterocycles. The van der Waals surface area contributed by atoms with Crippen LogP contribution in [0.25, 0.3) is 0 Å². The van der Waals surface area contributed by atoms with Gasteiger partial charge in [0.15, 0.2) is 0 Å². The van der Waals surface area contributed by atoms with Crippen LogP contribution in [0.3, 0.4) is 0 Å². The van der Waals surface area contributed by atoms with E-state index in [9.17, 15) is 4.79 Å². The summed E-state index contributed by atoms with van der Waals surface area (Å²) >= 11 is 0. The molecule has 1 aromatic rings. The molecule has 0 aromatic heterocycles. The number of carbonyl (C=O) groups excluding carboxylic acids is 1. The van der Waals surface area contributed by atoms with Crippen molar-refractivity contribution in [2.75, 3.05) is 0 Å². The third kappa shape index (κ3) is 5.67. The van der Waals surface area contributed by atoms with Crippen LogP contribution in [-0.4, -0.2) is 5.97 Å². The van der Waals surface area contributed by atoms with Crippen LogP contribution in [0.15, 0.2) is 24.3 Å². The molecule has 2 heteroatoms. The first-order valence-corrected chi connectivity index (χ1v) is 9.27. The summed E-state index contributed by atoms with van der Waals surface area (Å²) in [5.74, 6) is 2.80. The standard InChI is InChI=1S/C21H32O2/c1-15(2)5-8-17(4)18-11-13-20(14-12-18)23-21(22)19-9-6-16(3)7-10-19/h11-17,19H,5-10H2,1-4H3. The van der Waals surface area contributed by atoms with E-state index in [1.54, 1.807) is 0 Å². The van der Waals surface area contributed by atoms with E-state index in [4.69, 9.17) is 4.74 Å². The summed E-state index contributed by atoms with van der Waals surface area (Å²) in [4.78, 5) is 12.2. The fraction of sp³-hybridized carbons (Fsp3) is 0.667. The molecule has 23 heavy (non-hydrogen) atoms. The van der Waals surface area contributed by atoms with Gasteiger partial charge in [-0.25, -0.2) is 0 Å². The maximum absolute atomic E-state index is 12.2. The molecule has 1 aliphatic carbocycles. The van der Waals surface area contributed by atoms with Crippen LogP contribution in [0.5, 0.6) is 5.75 Å². The maximum Gasteiger partial charge on any atom is 0.314 e. The first kappa shape index (κ1) is 18.0. The van der Waals surface area contributed by atoms with Crippen molar-refractivity contribution in [3.8, 4) is 5.75 Å². The Hall–Kier alpha value is -1.31. The van der Waals surface area contributed by atoms with E-state index in [1.165, 1.54) is 18.4 Å². The van der Waals surface area contributed by atoms with Crippen LogP contribution < -0.4 is 4.74 Å². The highest BCUT2D eigenvalue weighted by atomic mass is 16.5. The van der Waals surface area contributed by atoms with Gasteiger partial charge in [-0.15, -0.1) is 0 Å². The van der Waals surface area contributed by atoms with Gasteiger partial charge in [-0.05, 0) is 67.6 Å². The summed E-state index contributed by atoms with van der Waals surface area (Å²) in [6.45, 7) is 9.07. The monoisotopic (exact) mass is 316 g/mol. The minimum Gasteiger partial charge on any atom is -0.426 e. The van der Waals surface area contributed by atoms with Crippen molar-refractivity contribution in [3.05, 3.63) is 29.8 Å². The summed E-state index contributed by atoms with van der Waals surface area (Å²) in [5, 5.41) is 0. The van der Waals surface area contributed by atoms with Crippen LogP contribution >= 0.6 is 0 Å². The van der Waals surface area contributed by atoms with Gasteiger partial charge in [0.1, 0.15) is 5.75 Å². The van der Waals surface area contributed by atoms with Crippen LogP contribution in [0, 0.1) is 17.8 Å². The Labute approximate surface area is 141 Å². The fourth-order valence-electron chi connectivity index (χ4n) is 3.31. The number of ether oxygens (including phenoxy) is 1. The minimum absolute atomic E-state index is 0.0440. The Morgan fingerprint density at radius 2 is 1.65 bits per heavy atom. The lowest BCUT2D eigenvalue weighted by molar-refractivity contribution is -0.140. The maximum atomic E-state index is 12.2. The van der Waals surface area contributed by atoms with E-state index >= 15 is 0 Å². The molecule has 2 rings (SSSR count). The number of hydrogen-bond acceptors (Lipinski definition) is 2. The van der Waals surface area contributed by atoms with Gasteiger partial charge in [0, 0.05) is 0 Å². The van der Waals surface area contributed by atoms with Crippen molar-refractivity contribution in [2.45, 2.75) is 72.1 Å². The van der Waals surface area contributed by atoms with E-state index < -0.39 is 0 Å². The van der Waals surface area contributed by atoms with Crippen molar-refractivity contribution in [1.29, 1.82) is 0 Å². The summed E-state index contributed by atoms with van der Waals surface area (Å²) in [5.41, 5.74) is 1.33. The molecule has 0 radical (unpaired) electrons. The van der Waals surface area contributed by atoms with E-state index in [1.807, 2.05) is 12.1 Å². The van der Waals surface area contributed by atoms with Gasteiger partial charge in [0.25, 0.3) is 0 Å². The first-order valence-electron chi connectivity index (χ1n) is 9.27. The molecule has 2 nitrogen and oxygen atoms in total. The van der Waals surface area contributed by atoms with Crippen molar-refractivity contribution < 1.29 is 9.53 Å². The molecule has 0 amide bonds. The van der Waals surface area contributed by atoms with Crippen LogP contribution in [0.1, 0.15) is 77.7 Å². The van der Waals surface area contributed by atoms with Gasteiger partial charge in [0.2, 0.25) is 0 Å². The van der Waals surface area contributed by atoms with Crippen LogP contribution in [0.2, 0.25) is 0 Å². The molecule has 0 spiro atoms. The van der Waals surface area contributed by atoms with Gasteiger partial charge in [-0.1, -0.05) is 46.2 Å². The molecule has 0 saturated heterocycles. The molecule has 0 heterocycles. The highest BCUT2D eigenvalue weighted by Gasteiger charge is 2.25. The van der Waals surface area contributed by atoms with Gasteiger partial charge >= 0.3 is 5.97 Å². The van der Waals surface area contributed by atoms with Gasteiger partial charge in [-0.2, -0.15) is 0 Å². The molecule has 1 unspecified atom stereocenters. The Morgan fingerprint density at radius 3 is 2.22 bits per heavy atom. The Balaban J connectivity index is 1.85. The summed E-state index contributed by atoms with van der Waals surface area (Å²) in [6, 6.07) is 8.11. The van der Waals surface area contributed by atoms with Crippen molar-refractivity contribution >= 4 is 5.97 Å². The molecule has 1 aliphatic rings. The summed E-state index contributed by atoms with van der Waals surface area (Å²) < 4.78 is 5.58. The number of benzene rings is 1. The molecule has 1 aromatic carbocycles. The molecule has 1 saturated carbocycles. The summed E-state index contributed by atoms with van der Waals surface area (Å²) in [6.07, 6.45) is 6.70. The van der Waals surface area contributed by atoms with Crippen molar-refractivity contribution in [2.24, 2.45) is 17.8 Å². The lowest BCUT2D eigenvalue weighted by Crippen LogP contribution is -2.24. The summed E-state index contributed by atoms with van der Waals surface area (Å²) in [7, 11) is 0. The predicted molar refractivity (Wildman–Crippen MR) is 95.7 cm³/mol. The van der Waals surface area contributed by atoms with E-state index in [-0.39, 0.29) is 11.9 Å². The average molecular weight is 316 g/mol. The lowest BCUT2D eigenvalue weighted by atomic mass is 9.83. The first-order chi connectivity index (χ1) is 11.0. The van der Waals surface area contributed by atoms with E-state index in [0.29, 0.717) is 11.7 Å². The Kier molecular flexibility index (Phi) is 6.68. The second kappa shape index (κ2) is 8.52. The van der Waals surface area contributed by atoms with Crippen molar-refractivity contribution in [3.63, 3.8) is 0 Å². The zero-order chi connectivity index (χ0) is 16.8. The third-order valence-electron chi connectivity index (χ3n) is 5.19. The molecule has 0 bridgehead atoms. The highest BCUT2D eigenvalue weighted by molar-refractivity contribution is 5.75. The SMILES string of the molecule is CC(C)CCC(C)c1ccc(OC(=O)C2CCC(C)CC2)cc1. The quantitative estimate of drug-likeness (QED) is 0.478. The lowest BCUT2D eigenvalue weighted by Gasteiger charge is -2.24.